The summed E-state index contributed by atoms with van der Waals surface area (Å²) >= 11 is 1.83. The number of alkyl halides is 5. The molecule has 1 atom stereocenters. The minimum absolute atomic E-state index is 0.0245. The second-order valence-corrected chi connectivity index (χ2v) is 10.9. The summed E-state index contributed by atoms with van der Waals surface area (Å²) < 4.78 is 78.8. The Hall–Kier alpha value is -2.09. The van der Waals surface area contributed by atoms with Crippen molar-refractivity contribution in [1.82, 2.24) is 0 Å². The summed E-state index contributed by atoms with van der Waals surface area (Å²) in [7, 11) is -1.41. The van der Waals surface area contributed by atoms with Gasteiger partial charge in [-0.05, 0) is 73.2 Å². The molecule has 34 heavy (non-hydrogen) atoms. The summed E-state index contributed by atoms with van der Waals surface area (Å²) in [6.45, 7) is 4.43. The topological polar surface area (TPSA) is 80.5 Å². The molecule has 2 N–H and O–H groups in total. The maximum Gasteiger partial charge on any atom is 0.458 e. The smallest absolute Gasteiger partial charge is 0.366 e. The lowest BCUT2D eigenvalue weighted by Gasteiger charge is -2.39. The number of amides is 2. The lowest BCUT2D eigenvalue weighted by molar-refractivity contribution is -0.289. The van der Waals surface area contributed by atoms with Gasteiger partial charge in [0.05, 0.1) is 16.7 Å². The van der Waals surface area contributed by atoms with Crippen LogP contribution in [0.2, 0.25) is 0 Å². The molecule has 5 nitrogen and oxygen atoms in total. The standard InChI is InChI=1S/C22H22F5IN2O3S/c1-12-10-13(21(23,24)22(25,26)27)8-9-16(12)30(20(2,3)11-34(4)33)19(32)14-6-5-7-15(28)17(14)18(29)31/h5-10H,11H2,1-4H3,(H2,29,31). The number of anilines is 1. The summed E-state index contributed by atoms with van der Waals surface area (Å²) in [6, 6.07) is 6.68. The van der Waals surface area contributed by atoms with Crippen LogP contribution in [0, 0.1) is 10.5 Å². The van der Waals surface area contributed by atoms with Crippen molar-refractivity contribution >= 4 is 50.9 Å². The minimum Gasteiger partial charge on any atom is -0.366 e. The van der Waals surface area contributed by atoms with Gasteiger partial charge in [-0.2, -0.15) is 22.0 Å². The van der Waals surface area contributed by atoms with Gasteiger partial charge in [-0.15, -0.1) is 0 Å². The van der Waals surface area contributed by atoms with Crippen LogP contribution in [0.5, 0.6) is 0 Å². The van der Waals surface area contributed by atoms with E-state index in [4.69, 9.17) is 5.73 Å². The number of benzene rings is 2. The van der Waals surface area contributed by atoms with Crippen LogP contribution in [0.15, 0.2) is 36.4 Å². The van der Waals surface area contributed by atoms with Crippen molar-refractivity contribution in [3.63, 3.8) is 0 Å². The number of nitrogens with two attached hydrogens (primary N) is 1. The molecule has 2 aromatic rings. The Morgan fingerprint density at radius 3 is 2.15 bits per heavy atom. The van der Waals surface area contributed by atoms with E-state index in [0.717, 1.165) is 11.0 Å². The fourth-order valence-corrected chi connectivity index (χ4v) is 5.50. The van der Waals surface area contributed by atoms with Crippen molar-refractivity contribution in [1.29, 1.82) is 0 Å². The highest BCUT2D eigenvalue weighted by Gasteiger charge is 2.58. The van der Waals surface area contributed by atoms with Crippen LogP contribution < -0.4 is 10.6 Å². The average molecular weight is 616 g/mol. The third-order valence-corrected chi connectivity index (χ3v) is 7.02. The molecular weight excluding hydrogens is 594 g/mol. The average Bonchev–Trinajstić information content (AvgIpc) is 2.66. The largest absolute Gasteiger partial charge is 0.458 e. The second kappa shape index (κ2) is 9.88. The molecule has 186 valence electrons. The molecule has 1 unspecified atom stereocenters. The van der Waals surface area contributed by atoms with E-state index in [-0.39, 0.29) is 28.1 Å². The molecule has 2 aromatic carbocycles. The number of halogens is 6. The lowest BCUT2D eigenvalue weighted by Crippen LogP contribution is -2.52. The zero-order valence-corrected chi connectivity index (χ0v) is 21.6. The lowest BCUT2D eigenvalue weighted by atomic mass is 9.96. The molecule has 0 saturated carbocycles. The Morgan fingerprint density at radius 2 is 1.68 bits per heavy atom. The number of rotatable bonds is 7. The number of hydrogen-bond donors (Lipinski definition) is 1. The maximum absolute atomic E-state index is 13.9. The highest BCUT2D eigenvalue weighted by molar-refractivity contribution is 14.1. The van der Waals surface area contributed by atoms with E-state index < -0.39 is 45.8 Å². The number of hydrogen-bond acceptors (Lipinski definition) is 3. The van der Waals surface area contributed by atoms with E-state index in [1.807, 2.05) is 22.6 Å². The van der Waals surface area contributed by atoms with Crippen LogP contribution in [0.25, 0.3) is 0 Å². The first-order chi connectivity index (χ1) is 15.4. The predicted molar refractivity (Wildman–Crippen MR) is 129 cm³/mol. The number of nitrogens with zero attached hydrogens (tertiary/aromatic N) is 1. The summed E-state index contributed by atoms with van der Waals surface area (Å²) in [6.07, 6.45) is -4.39. The van der Waals surface area contributed by atoms with Crippen molar-refractivity contribution in [3.8, 4) is 0 Å². The molecule has 0 fully saturated rings. The second-order valence-electron chi connectivity index (χ2n) is 8.27. The molecule has 2 rings (SSSR count). The quantitative estimate of drug-likeness (QED) is 0.345. The summed E-state index contributed by atoms with van der Waals surface area (Å²) in [5.74, 6) is -6.77. The zero-order chi connectivity index (χ0) is 26.2. The minimum atomic E-state index is -5.80. The van der Waals surface area contributed by atoms with E-state index in [1.165, 1.54) is 25.3 Å². The zero-order valence-electron chi connectivity index (χ0n) is 18.6. The van der Waals surface area contributed by atoms with Crippen LogP contribution in [0.3, 0.4) is 0 Å². The van der Waals surface area contributed by atoms with E-state index in [2.05, 4.69) is 0 Å². The van der Waals surface area contributed by atoms with Crippen molar-refractivity contribution in [2.45, 2.75) is 38.4 Å². The van der Waals surface area contributed by atoms with Crippen LogP contribution in [-0.4, -0.2) is 39.7 Å². The number of aryl methyl sites for hydroxylation is 1. The van der Waals surface area contributed by atoms with Crippen LogP contribution in [0.4, 0.5) is 27.6 Å². The van der Waals surface area contributed by atoms with Crippen LogP contribution in [0.1, 0.15) is 45.7 Å². The molecule has 0 heterocycles. The van der Waals surface area contributed by atoms with Gasteiger partial charge in [0.25, 0.3) is 11.8 Å². The van der Waals surface area contributed by atoms with E-state index >= 15 is 0 Å². The van der Waals surface area contributed by atoms with Gasteiger partial charge in [-0.3, -0.25) is 13.8 Å². The van der Waals surface area contributed by atoms with Gasteiger partial charge in [-0.1, -0.05) is 12.1 Å². The normalized spacial score (nSPS) is 13.5. The Bertz CT molecular complexity index is 1150. The molecule has 0 radical (unpaired) electrons. The third-order valence-electron chi connectivity index (χ3n) is 5.01. The summed E-state index contributed by atoms with van der Waals surface area (Å²) in [5.41, 5.74) is 2.83. The van der Waals surface area contributed by atoms with Gasteiger partial charge >= 0.3 is 12.1 Å². The van der Waals surface area contributed by atoms with Gasteiger partial charge < -0.3 is 10.6 Å². The molecule has 0 bridgehead atoms. The Kier molecular flexibility index (Phi) is 8.18. The molecule has 0 saturated heterocycles. The first-order valence-electron chi connectivity index (χ1n) is 9.70. The number of carbonyl (C=O) groups is 2. The molecule has 0 aliphatic rings. The maximum atomic E-state index is 13.9. The van der Waals surface area contributed by atoms with Crippen molar-refractivity contribution in [2.75, 3.05) is 16.9 Å². The van der Waals surface area contributed by atoms with Crippen LogP contribution in [-0.2, 0) is 16.7 Å². The molecule has 0 spiro atoms. The van der Waals surface area contributed by atoms with Gasteiger partial charge in [-0.25, -0.2) is 0 Å². The first-order valence-corrected chi connectivity index (χ1v) is 12.5. The molecule has 0 aromatic heterocycles. The Balaban J connectivity index is 2.76. The molecule has 12 heteroatoms. The monoisotopic (exact) mass is 616 g/mol. The van der Waals surface area contributed by atoms with E-state index in [0.29, 0.717) is 15.7 Å². The molecular formula is C22H22F5IN2O3S. The van der Waals surface area contributed by atoms with E-state index in [1.54, 1.807) is 19.9 Å². The molecule has 0 aliphatic carbocycles. The molecule has 2 amide bonds. The fraction of sp³-hybridized carbons (Fsp3) is 0.364. The summed E-state index contributed by atoms with van der Waals surface area (Å²) in [5, 5.41) is 0. The first kappa shape index (κ1) is 28.1. The number of carbonyl (C=O) groups excluding carboxylic acids is 2. The van der Waals surface area contributed by atoms with Gasteiger partial charge in [0, 0.05) is 37.6 Å². The highest BCUT2D eigenvalue weighted by atomic mass is 127. The van der Waals surface area contributed by atoms with Crippen molar-refractivity contribution in [2.24, 2.45) is 5.73 Å². The predicted octanol–water partition coefficient (Wildman–Crippen LogP) is 5.16. The van der Waals surface area contributed by atoms with Gasteiger partial charge in [0.15, 0.2) is 0 Å². The van der Waals surface area contributed by atoms with Crippen molar-refractivity contribution in [3.05, 3.63) is 62.2 Å². The van der Waals surface area contributed by atoms with Gasteiger partial charge in [0.2, 0.25) is 0 Å². The Labute approximate surface area is 209 Å². The van der Waals surface area contributed by atoms with Gasteiger partial charge in [0.1, 0.15) is 0 Å². The third kappa shape index (κ3) is 5.58. The summed E-state index contributed by atoms with van der Waals surface area (Å²) in [4.78, 5) is 26.9. The fourth-order valence-electron chi connectivity index (χ4n) is 3.61. The Morgan fingerprint density at radius 1 is 1.09 bits per heavy atom. The highest BCUT2D eigenvalue weighted by Crippen LogP contribution is 2.45. The number of primary amides is 1. The van der Waals surface area contributed by atoms with E-state index in [9.17, 15) is 35.8 Å². The van der Waals surface area contributed by atoms with Crippen LogP contribution >= 0.6 is 22.6 Å². The molecule has 0 aliphatic heterocycles. The SMILES string of the molecule is Cc1cc(C(F)(F)C(F)(F)F)ccc1N(C(=O)c1cccc(I)c1C(N)=O)C(C)(C)CS(C)=O. The van der Waals surface area contributed by atoms with Crippen molar-refractivity contribution < 1.29 is 35.8 Å².